The largest absolute Gasteiger partial charge is 0.353 e. The minimum atomic E-state index is -0.449. The molecule has 3 aromatic rings. The second-order valence-corrected chi connectivity index (χ2v) is 7.06. The van der Waals surface area contributed by atoms with Crippen LogP contribution in [-0.2, 0) is 13.6 Å². The van der Waals surface area contributed by atoms with Crippen LogP contribution >= 0.6 is 0 Å². The van der Waals surface area contributed by atoms with Gasteiger partial charge >= 0.3 is 5.69 Å². The van der Waals surface area contributed by atoms with E-state index < -0.39 is 11.2 Å². The molecule has 1 saturated carbocycles. The van der Waals surface area contributed by atoms with Crippen molar-refractivity contribution in [1.82, 2.24) is 19.1 Å². The van der Waals surface area contributed by atoms with E-state index in [1.54, 1.807) is 7.05 Å². The van der Waals surface area contributed by atoms with Crippen LogP contribution in [0.4, 0.5) is 5.95 Å². The Bertz CT molecular complexity index is 1070. The number of H-pyrrole nitrogens is 1. The van der Waals surface area contributed by atoms with Crippen molar-refractivity contribution in [2.75, 3.05) is 5.32 Å². The molecule has 2 aromatic heterocycles. The first-order chi connectivity index (χ1) is 12.5. The predicted molar refractivity (Wildman–Crippen MR) is 102 cm³/mol. The van der Waals surface area contributed by atoms with Crippen LogP contribution in [0, 0.1) is 6.92 Å². The van der Waals surface area contributed by atoms with Gasteiger partial charge in [0.05, 0.1) is 6.54 Å². The minimum absolute atomic E-state index is 0.360. The van der Waals surface area contributed by atoms with E-state index in [0.29, 0.717) is 29.7 Å². The lowest BCUT2D eigenvalue weighted by Crippen LogP contribution is -2.29. The number of fused-ring (bicyclic) bond motifs is 1. The minimum Gasteiger partial charge on any atom is -0.353 e. The second-order valence-electron chi connectivity index (χ2n) is 7.06. The van der Waals surface area contributed by atoms with Gasteiger partial charge in [0.1, 0.15) is 0 Å². The van der Waals surface area contributed by atoms with E-state index in [4.69, 9.17) is 0 Å². The summed E-state index contributed by atoms with van der Waals surface area (Å²) in [5, 5.41) is 3.50. The molecule has 0 saturated heterocycles. The third-order valence-corrected chi connectivity index (χ3v) is 5.29. The molecule has 136 valence electrons. The standard InChI is InChI=1S/C19H23N5O2/c1-12-7-3-4-8-13(12)11-24-15-16(23(2)19(26)22-17(15)25)21-18(24)20-14-9-5-6-10-14/h3-4,7-8,14H,5-6,9-11H2,1-2H3,(H,20,21)(H,22,25,26). The first-order valence-corrected chi connectivity index (χ1v) is 9.05. The zero-order valence-electron chi connectivity index (χ0n) is 15.1. The molecule has 0 radical (unpaired) electrons. The highest BCUT2D eigenvalue weighted by molar-refractivity contribution is 5.74. The molecule has 2 N–H and O–H groups in total. The van der Waals surface area contributed by atoms with E-state index in [1.165, 1.54) is 17.4 Å². The highest BCUT2D eigenvalue weighted by Crippen LogP contribution is 2.25. The van der Waals surface area contributed by atoms with Crippen molar-refractivity contribution < 1.29 is 0 Å². The number of aromatic nitrogens is 4. The Labute approximate surface area is 150 Å². The number of aromatic amines is 1. The number of imidazole rings is 1. The van der Waals surface area contributed by atoms with Crippen LogP contribution in [0.15, 0.2) is 33.9 Å². The number of rotatable bonds is 4. The maximum Gasteiger partial charge on any atom is 0.329 e. The smallest absolute Gasteiger partial charge is 0.329 e. The van der Waals surface area contributed by atoms with Crippen molar-refractivity contribution in [1.29, 1.82) is 0 Å². The van der Waals surface area contributed by atoms with Gasteiger partial charge in [-0.25, -0.2) is 4.79 Å². The molecule has 1 aliphatic rings. The SMILES string of the molecule is Cc1ccccc1Cn1c(NC2CCCC2)nc2c1c(=O)[nH]c(=O)n2C. The monoisotopic (exact) mass is 353 g/mol. The summed E-state index contributed by atoms with van der Waals surface area (Å²) in [5.74, 6) is 0.654. The first-order valence-electron chi connectivity index (χ1n) is 9.05. The molecule has 0 aliphatic heterocycles. The third kappa shape index (κ3) is 2.83. The number of anilines is 1. The zero-order chi connectivity index (χ0) is 18.3. The van der Waals surface area contributed by atoms with Gasteiger partial charge in [0, 0.05) is 13.1 Å². The van der Waals surface area contributed by atoms with Crippen LogP contribution in [0.3, 0.4) is 0 Å². The van der Waals surface area contributed by atoms with Crippen molar-refractivity contribution in [3.63, 3.8) is 0 Å². The summed E-state index contributed by atoms with van der Waals surface area (Å²) in [6, 6.07) is 8.46. The molecule has 0 amide bonds. The Morgan fingerprint density at radius 3 is 2.69 bits per heavy atom. The third-order valence-electron chi connectivity index (χ3n) is 5.29. The fraction of sp³-hybridized carbons (Fsp3) is 0.421. The predicted octanol–water partition coefficient (Wildman–Crippen LogP) is 2.13. The van der Waals surface area contributed by atoms with Gasteiger partial charge in [0.25, 0.3) is 5.56 Å². The quantitative estimate of drug-likeness (QED) is 0.752. The number of hydrogen-bond acceptors (Lipinski definition) is 4. The van der Waals surface area contributed by atoms with Crippen LogP contribution in [0.1, 0.15) is 36.8 Å². The van der Waals surface area contributed by atoms with E-state index >= 15 is 0 Å². The molecule has 4 rings (SSSR count). The van der Waals surface area contributed by atoms with Gasteiger partial charge in [-0.15, -0.1) is 0 Å². The molecule has 0 bridgehead atoms. The van der Waals surface area contributed by atoms with Crippen molar-refractivity contribution in [2.45, 2.75) is 45.2 Å². The molecular weight excluding hydrogens is 330 g/mol. The van der Waals surface area contributed by atoms with Gasteiger partial charge < -0.3 is 5.32 Å². The van der Waals surface area contributed by atoms with E-state index in [2.05, 4.69) is 34.3 Å². The average Bonchev–Trinajstić information content (AvgIpc) is 3.24. The Morgan fingerprint density at radius 2 is 1.96 bits per heavy atom. The van der Waals surface area contributed by atoms with Gasteiger partial charge in [-0.05, 0) is 30.9 Å². The maximum absolute atomic E-state index is 12.5. The molecule has 0 atom stereocenters. The molecule has 1 aliphatic carbocycles. The van der Waals surface area contributed by atoms with Crippen LogP contribution in [0.25, 0.3) is 11.2 Å². The summed E-state index contributed by atoms with van der Waals surface area (Å²) in [4.78, 5) is 31.5. The van der Waals surface area contributed by atoms with Crippen LogP contribution < -0.4 is 16.6 Å². The summed E-state index contributed by atoms with van der Waals surface area (Å²) < 4.78 is 3.29. The Kier molecular flexibility index (Phi) is 4.14. The number of benzene rings is 1. The number of nitrogens with one attached hydrogen (secondary N) is 2. The number of hydrogen-bond donors (Lipinski definition) is 2. The normalized spacial score (nSPS) is 15.0. The summed E-state index contributed by atoms with van der Waals surface area (Å²) in [6.45, 7) is 2.58. The molecule has 1 aromatic carbocycles. The van der Waals surface area contributed by atoms with Gasteiger partial charge in [0.2, 0.25) is 5.95 Å². The van der Waals surface area contributed by atoms with Crippen molar-refractivity contribution in [2.24, 2.45) is 7.05 Å². The summed E-state index contributed by atoms with van der Waals surface area (Å²) in [6.07, 6.45) is 4.61. The number of aryl methyl sites for hydroxylation is 2. The van der Waals surface area contributed by atoms with Gasteiger partial charge in [0.15, 0.2) is 11.2 Å². The highest BCUT2D eigenvalue weighted by Gasteiger charge is 2.22. The molecule has 7 nitrogen and oxygen atoms in total. The second kappa shape index (κ2) is 6.48. The summed E-state index contributed by atoms with van der Waals surface area (Å²) in [7, 11) is 1.63. The van der Waals surface area contributed by atoms with Gasteiger partial charge in [-0.1, -0.05) is 37.1 Å². The lowest BCUT2D eigenvalue weighted by atomic mass is 10.1. The van der Waals surface area contributed by atoms with Crippen molar-refractivity contribution >= 4 is 17.1 Å². The maximum atomic E-state index is 12.5. The molecule has 1 fully saturated rings. The first kappa shape index (κ1) is 16.6. The fourth-order valence-electron chi connectivity index (χ4n) is 3.71. The Morgan fingerprint density at radius 1 is 1.23 bits per heavy atom. The Hall–Kier alpha value is -2.83. The number of nitrogens with zero attached hydrogens (tertiary/aromatic N) is 3. The van der Waals surface area contributed by atoms with Crippen molar-refractivity contribution in [3.05, 3.63) is 56.2 Å². The van der Waals surface area contributed by atoms with Crippen LogP contribution in [0.2, 0.25) is 0 Å². The molecule has 2 heterocycles. The average molecular weight is 353 g/mol. The van der Waals surface area contributed by atoms with E-state index in [0.717, 1.165) is 24.0 Å². The molecule has 26 heavy (non-hydrogen) atoms. The van der Waals surface area contributed by atoms with E-state index in [9.17, 15) is 9.59 Å². The molecule has 0 spiro atoms. The van der Waals surface area contributed by atoms with E-state index in [-0.39, 0.29) is 0 Å². The molecule has 7 heteroatoms. The highest BCUT2D eigenvalue weighted by atomic mass is 16.2. The van der Waals surface area contributed by atoms with Crippen LogP contribution in [0.5, 0.6) is 0 Å². The van der Waals surface area contributed by atoms with Gasteiger partial charge in [-0.2, -0.15) is 4.98 Å². The van der Waals surface area contributed by atoms with E-state index in [1.807, 2.05) is 16.7 Å². The topological polar surface area (TPSA) is 84.7 Å². The molecule has 0 unspecified atom stereocenters. The van der Waals surface area contributed by atoms with Crippen LogP contribution in [-0.4, -0.2) is 25.1 Å². The zero-order valence-corrected chi connectivity index (χ0v) is 15.1. The van der Waals surface area contributed by atoms with Gasteiger partial charge in [-0.3, -0.25) is 18.9 Å². The van der Waals surface area contributed by atoms with Crippen molar-refractivity contribution in [3.8, 4) is 0 Å². The molecular formula is C19H23N5O2. The fourth-order valence-corrected chi connectivity index (χ4v) is 3.71. The summed E-state index contributed by atoms with van der Waals surface area (Å²) >= 11 is 0. The lowest BCUT2D eigenvalue weighted by molar-refractivity contribution is 0.721. The lowest BCUT2D eigenvalue weighted by Gasteiger charge is -2.15. The Balaban J connectivity index is 1.89. The summed E-state index contributed by atoms with van der Waals surface area (Å²) in [5.41, 5.74) is 2.26.